The monoisotopic (exact) mass is 670 g/mol. The number of benzene rings is 3. The number of rotatable bonds is 10. The molecule has 0 fully saturated rings. The second kappa shape index (κ2) is 17.4. The van der Waals surface area contributed by atoms with Crippen LogP contribution in [0.5, 0.6) is 0 Å². The summed E-state index contributed by atoms with van der Waals surface area (Å²) in [6, 6.07) is 15.4. The molecule has 0 unspecified atom stereocenters. The molecule has 47 heavy (non-hydrogen) atoms. The molecule has 0 saturated carbocycles. The number of hydrogen-bond donors (Lipinski definition) is 3. The van der Waals surface area contributed by atoms with Crippen molar-refractivity contribution in [1.29, 1.82) is 0 Å². The number of halogens is 3. The number of hydrogen-bond acceptors (Lipinski definition) is 8. The number of amides is 1. The predicted octanol–water partition coefficient (Wildman–Crippen LogP) is 5.18. The highest BCUT2D eigenvalue weighted by Crippen LogP contribution is 2.30. The molecule has 12 nitrogen and oxygen atoms in total. The van der Waals surface area contributed by atoms with Crippen molar-refractivity contribution in [3.63, 3.8) is 0 Å². The number of aryl methyl sites for hydroxylation is 2. The molecule has 1 amide bonds. The molecule has 16 heteroatoms. The molecule has 0 heterocycles. The van der Waals surface area contributed by atoms with Crippen molar-refractivity contribution in [3.8, 4) is 0 Å². The number of carbonyl (C=O) groups is 2. The van der Waals surface area contributed by atoms with Gasteiger partial charge in [0, 0.05) is 11.3 Å². The molecule has 4 N–H and O–H groups in total. The minimum Gasteiger partial charge on any atom is -0.846 e. The zero-order valence-corrected chi connectivity index (χ0v) is 26.3. The third-order valence-corrected chi connectivity index (χ3v) is 6.61. The molecule has 248 valence electrons. The largest absolute Gasteiger partial charge is 0.846 e. The number of alkyl carbamates (subject to hydrolysis) is 1. The topological polar surface area (TPSA) is 175 Å². The SMILES string of the molecule is CCOC(=O)NCC(=O)OCSC(=Nc1c(C)cccc1C)/N=C(\[O-])Nc1ccc(C(N)=NC=Nc2ccc(C(F)(F)F)cc2)cc1. The lowest BCUT2D eigenvalue weighted by molar-refractivity contribution is -0.214. The third-order valence-electron chi connectivity index (χ3n) is 5.93. The van der Waals surface area contributed by atoms with Gasteiger partial charge in [0.15, 0.2) is 5.17 Å². The van der Waals surface area contributed by atoms with Crippen molar-refractivity contribution in [1.82, 2.24) is 5.32 Å². The molecule has 3 aromatic rings. The van der Waals surface area contributed by atoms with Gasteiger partial charge in [-0.15, -0.1) is 0 Å². The van der Waals surface area contributed by atoms with Gasteiger partial charge in [0.05, 0.1) is 29.6 Å². The molecule has 0 atom stereocenters. The van der Waals surface area contributed by atoms with Crippen molar-refractivity contribution in [2.45, 2.75) is 26.9 Å². The molecule has 0 aromatic heterocycles. The summed E-state index contributed by atoms with van der Waals surface area (Å²) in [5.74, 6) is -0.885. The Kier molecular flexibility index (Phi) is 13.3. The van der Waals surface area contributed by atoms with Gasteiger partial charge in [-0.05, 0) is 92.2 Å². The quantitative estimate of drug-likeness (QED) is 0.114. The zero-order chi connectivity index (χ0) is 34.4. The van der Waals surface area contributed by atoms with E-state index in [4.69, 9.17) is 15.2 Å². The van der Waals surface area contributed by atoms with Crippen LogP contribution < -0.4 is 21.5 Å². The lowest BCUT2D eigenvalue weighted by atomic mass is 10.1. The van der Waals surface area contributed by atoms with Crippen LogP contribution in [-0.2, 0) is 20.4 Å². The highest BCUT2D eigenvalue weighted by atomic mass is 32.2. The van der Waals surface area contributed by atoms with Gasteiger partial charge in [0.1, 0.15) is 24.7 Å². The van der Waals surface area contributed by atoms with Crippen LogP contribution in [0.2, 0.25) is 0 Å². The van der Waals surface area contributed by atoms with Crippen molar-refractivity contribution in [3.05, 3.63) is 89.0 Å². The second-order valence-electron chi connectivity index (χ2n) is 9.41. The summed E-state index contributed by atoms with van der Waals surface area (Å²) in [7, 11) is 0. The summed E-state index contributed by atoms with van der Waals surface area (Å²) in [6.45, 7) is 5.08. The van der Waals surface area contributed by atoms with E-state index >= 15 is 0 Å². The van der Waals surface area contributed by atoms with Crippen molar-refractivity contribution >= 4 is 64.3 Å². The van der Waals surface area contributed by atoms with E-state index in [1.54, 1.807) is 31.2 Å². The van der Waals surface area contributed by atoms with Crippen LogP contribution in [0.4, 0.5) is 35.0 Å². The maximum absolute atomic E-state index is 12.8. The fraction of sp³-hybridized carbons (Fsp3) is 0.226. The van der Waals surface area contributed by atoms with Crippen LogP contribution in [0, 0.1) is 13.8 Å². The fourth-order valence-electron chi connectivity index (χ4n) is 3.62. The van der Waals surface area contributed by atoms with Gasteiger partial charge >= 0.3 is 18.2 Å². The Labute approximate surface area is 272 Å². The third kappa shape index (κ3) is 12.1. The number of anilines is 1. The molecule has 0 aliphatic rings. The van der Waals surface area contributed by atoms with E-state index in [1.807, 2.05) is 32.0 Å². The lowest BCUT2D eigenvalue weighted by Gasteiger charge is -2.15. The van der Waals surface area contributed by atoms with Gasteiger partial charge in [0.25, 0.3) is 0 Å². The van der Waals surface area contributed by atoms with Crippen LogP contribution in [0.3, 0.4) is 0 Å². The van der Waals surface area contributed by atoms with Gasteiger partial charge in [0.2, 0.25) is 0 Å². The molecule has 0 radical (unpaired) electrons. The molecular formula is C31H31F3N7O5S-. The molecule has 0 spiro atoms. The zero-order valence-electron chi connectivity index (χ0n) is 25.5. The smallest absolute Gasteiger partial charge is 0.416 e. The molecule has 0 bridgehead atoms. The molecule has 0 saturated heterocycles. The Balaban J connectivity index is 1.67. The number of nitrogens with two attached hydrogens (primary N) is 1. The first kappa shape index (κ1) is 36.1. The number of alkyl halides is 3. The van der Waals surface area contributed by atoms with E-state index in [9.17, 15) is 27.9 Å². The Bertz CT molecular complexity index is 1640. The average Bonchev–Trinajstić information content (AvgIpc) is 3.02. The predicted molar refractivity (Wildman–Crippen MR) is 174 cm³/mol. The lowest BCUT2D eigenvalue weighted by Crippen LogP contribution is -2.31. The van der Waals surface area contributed by atoms with E-state index in [1.165, 1.54) is 12.1 Å². The standard InChI is InChI=1S/C31H32F3N7O5S/c1-4-45-30(44)36-16-25(42)46-18-47-29(40-26-19(2)6-5-7-20(26)3)41-28(43)39-24-12-8-21(9-13-24)27(35)38-17-37-23-14-10-22(11-15-23)31(32,33)34/h5-15,17H,4,16,18H2,1-3H3,(H,36,44)(H2,35,37,38)(H2,39,40,41,43)/p-1. The normalized spacial score (nSPS) is 12.6. The fourth-order valence-corrected chi connectivity index (χ4v) is 4.22. The minimum atomic E-state index is -4.44. The van der Waals surface area contributed by atoms with E-state index in [-0.39, 0.29) is 29.2 Å². The maximum Gasteiger partial charge on any atom is 0.416 e. The number of para-hydroxylation sites is 1. The maximum atomic E-state index is 12.8. The molecule has 0 aliphatic heterocycles. The Morgan fingerprint density at radius 3 is 2.28 bits per heavy atom. The van der Waals surface area contributed by atoms with Crippen LogP contribution in [-0.4, -0.2) is 54.5 Å². The van der Waals surface area contributed by atoms with Crippen LogP contribution >= 0.6 is 11.8 Å². The van der Waals surface area contributed by atoms with Gasteiger partial charge in [-0.2, -0.15) is 13.2 Å². The highest BCUT2D eigenvalue weighted by molar-refractivity contribution is 8.13. The number of nitrogens with zero attached hydrogens (tertiary/aromatic N) is 4. The first-order valence-electron chi connectivity index (χ1n) is 13.9. The van der Waals surface area contributed by atoms with Crippen molar-refractivity contribution in [2.24, 2.45) is 25.7 Å². The average molecular weight is 671 g/mol. The van der Waals surface area contributed by atoms with Gasteiger partial charge < -0.3 is 30.9 Å². The molecule has 3 rings (SSSR count). The summed E-state index contributed by atoms with van der Waals surface area (Å²) in [4.78, 5) is 39.9. The van der Waals surface area contributed by atoms with Gasteiger partial charge in [-0.25, -0.2) is 24.8 Å². The van der Waals surface area contributed by atoms with Crippen LogP contribution in [0.25, 0.3) is 0 Å². The number of ether oxygens (including phenoxy) is 2. The Morgan fingerprint density at radius 2 is 1.66 bits per heavy atom. The summed E-state index contributed by atoms with van der Waals surface area (Å²) < 4.78 is 47.9. The van der Waals surface area contributed by atoms with E-state index in [0.29, 0.717) is 16.9 Å². The number of amidine groups is 3. The van der Waals surface area contributed by atoms with Crippen LogP contribution in [0.1, 0.15) is 29.2 Å². The summed E-state index contributed by atoms with van der Waals surface area (Å²) >= 11 is 0.900. The summed E-state index contributed by atoms with van der Waals surface area (Å²) in [5.41, 5.74) is 8.62. The Morgan fingerprint density at radius 1 is 1.00 bits per heavy atom. The number of thioether (sulfide) groups is 1. The van der Waals surface area contributed by atoms with E-state index in [2.05, 4.69) is 30.6 Å². The molecule has 0 aliphatic carbocycles. The summed E-state index contributed by atoms with van der Waals surface area (Å²) in [6.07, 6.45) is -4.08. The number of carbonyl (C=O) groups excluding carboxylic acids is 2. The van der Waals surface area contributed by atoms with E-state index in [0.717, 1.165) is 41.4 Å². The minimum absolute atomic E-state index is 0.0198. The Hall–Kier alpha value is -5.38. The van der Waals surface area contributed by atoms with Crippen LogP contribution in [0.15, 0.2) is 86.7 Å². The molecular weight excluding hydrogens is 639 g/mol. The first-order chi connectivity index (χ1) is 22.3. The first-order valence-corrected chi connectivity index (χ1v) is 14.8. The van der Waals surface area contributed by atoms with Gasteiger partial charge in [-0.1, -0.05) is 18.2 Å². The van der Waals surface area contributed by atoms with Crippen molar-refractivity contribution in [2.75, 3.05) is 24.4 Å². The number of esters is 1. The second-order valence-corrected chi connectivity index (χ2v) is 10.3. The summed E-state index contributed by atoms with van der Waals surface area (Å²) in [5, 5.41) is 17.7. The number of nitrogens with one attached hydrogen (secondary N) is 2. The molecule has 3 aromatic carbocycles. The number of aliphatic imine (C=N–C) groups is 4. The van der Waals surface area contributed by atoms with E-state index < -0.39 is 36.4 Å². The van der Waals surface area contributed by atoms with Crippen molar-refractivity contribution < 1.29 is 37.3 Å². The highest BCUT2D eigenvalue weighted by Gasteiger charge is 2.29. The van der Waals surface area contributed by atoms with Gasteiger partial charge in [-0.3, -0.25) is 4.79 Å².